The summed E-state index contributed by atoms with van der Waals surface area (Å²) in [5.41, 5.74) is 5.29. The highest BCUT2D eigenvalue weighted by Gasteiger charge is 2.29. The van der Waals surface area contributed by atoms with E-state index in [4.69, 9.17) is 20.3 Å². The van der Waals surface area contributed by atoms with Crippen LogP contribution < -0.4 is 15.2 Å². The molecule has 3 N–H and O–H groups in total. The molecule has 1 atom stereocenters. The lowest BCUT2D eigenvalue weighted by Crippen LogP contribution is -2.23. The molecule has 0 fully saturated rings. The van der Waals surface area contributed by atoms with Gasteiger partial charge in [-0.05, 0) is 15.9 Å². The summed E-state index contributed by atoms with van der Waals surface area (Å²) in [7, 11) is 0. The van der Waals surface area contributed by atoms with E-state index in [1.807, 2.05) is 0 Å². The van der Waals surface area contributed by atoms with Gasteiger partial charge in [0.1, 0.15) is 11.9 Å². The molecule has 1 aromatic rings. The van der Waals surface area contributed by atoms with Crippen LogP contribution in [0.25, 0.3) is 0 Å². The average molecular weight is 320 g/mol. The topological polar surface area (TPSA) is 81.8 Å². The molecule has 1 heterocycles. The molecule has 0 aliphatic carbocycles. The van der Waals surface area contributed by atoms with E-state index in [0.717, 1.165) is 0 Å². The van der Waals surface area contributed by atoms with Crippen molar-refractivity contribution in [1.82, 2.24) is 0 Å². The number of hydrogen-bond acceptors (Lipinski definition) is 4. The van der Waals surface area contributed by atoms with Crippen LogP contribution in [0.5, 0.6) is 11.5 Å². The molecule has 1 unspecified atom stereocenters. The standard InChI is InChI=1S/C11H11BrFNO4/c12-5-4-6-10(18-3-1-2-17-6)7(8(5)13)9(14)11(15)16/h4,9H,1-3,14H2,(H,15,16). The largest absolute Gasteiger partial charge is 0.490 e. The number of rotatable bonds is 2. The fraction of sp³-hybridized carbons (Fsp3) is 0.364. The van der Waals surface area contributed by atoms with Crippen LogP contribution in [0.2, 0.25) is 0 Å². The van der Waals surface area contributed by atoms with Crippen LogP contribution in [-0.4, -0.2) is 24.3 Å². The van der Waals surface area contributed by atoms with Gasteiger partial charge in [-0.2, -0.15) is 0 Å². The van der Waals surface area contributed by atoms with Crippen molar-refractivity contribution >= 4 is 21.9 Å². The predicted molar refractivity (Wildman–Crippen MR) is 64.3 cm³/mol. The predicted octanol–water partition coefficient (Wildman–Crippen LogP) is 1.83. The minimum atomic E-state index is -1.50. The van der Waals surface area contributed by atoms with Gasteiger partial charge in [-0.15, -0.1) is 0 Å². The van der Waals surface area contributed by atoms with Gasteiger partial charge in [0.15, 0.2) is 11.5 Å². The highest BCUT2D eigenvalue weighted by atomic mass is 79.9. The molecule has 0 aromatic heterocycles. The number of aliphatic carboxylic acids is 1. The van der Waals surface area contributed by atoms with Crippen LogP contribution in [0.4, 0.5) is 4.39 Å². The van der Waals surface area contributed by atoms with Crippen LogP contribution in [-0.2, 0) is 4.79 Å². The lowest BCUT2D eigenvalue weighted by Gasteiger charge is -2.17. The number of carboxylic acids is 1. The van der Waals surface area contributed by atoms with Crippen molar-refractivity contribution in [2.45, 2.75) is 12.5 Å². The Kier molecular flexibility index (Phi) is 3.72. The van der Waals surface area contributed by atoms with E-state index in [1.54, 1.807) is 0 Å². The van der Waals surface area contributed by atoms with E-state index >= 15 is 0 Å². The van der Waals surface area contributed by atoms with Gasteiger partial charge in [-0.3, -0.25) is 4.79 Å². The molecule has 1 aliphatic heterocycles. The number of benzene rings is 1. The highest BCUT2D eigenvalue weighted by molar-refractivity contribution is 9.10. The van der Waals surface area contributed by atoms with Gasteiger partial charge in [0, 0.05) is 12.5 Å². The van der Waals surface area contributed by atoms with Crippen molar-refractivity contribution in [2.75, 3.05) is 13.2 Å². The Hall–Kier alpha value is -1.34. The molecule has 2 rings (SSSR count). The maximum Gasteiger partial charge on any atom is 0.325 e. The summed E-state index contributed by atoms with van der Waals surface area (Å²) in [5, 5.41) is 8.92. The van der Waals surface area contributed by atoms with Gasteiger partial charge in [0.05, 0.1) is 23.2 Å². The zero-order chi connectivity index (χ0) is 13.3. The molecule has 1 aliphatic rings. The molecular weight excluding hydrogens is 309 g/mol. The second-order valence-electron chi connectivity index (χ2n) is 3.78. The van der Waals surface area contributed by atoms with Crippen LogP contribution in [0.1, 0.15) is 18.0 Å². The Morgan fingerprint density at radius 1 is 1.50 bits per heavy atom. The van der Waals surface area contributed by atoms with Crippen molar-refractivity contribution in [1.29, 1.82) is 0 Å². The smallest absolute Gasteiger partial charge is 0.325 e. The third kappa shape index (κ3) is 2.28. The number of nitrogens with two attached hydrogens (primary N) is 1. The molecule has 0 amide bonds. The first-order valence-electron chi connectivity index (χ1n) is 5.28. The highest BCUT2D eigenvalue weighted by Crippen LogP contribution is 2.41. The fourth-order valence-corrected chi connectivity index (χ4v) is 2.10. The van der Waals surface area contributed by atoms with E-state index in [2.05, 4.69) is 15.9 Å². The Labute approximate surface area is 111 Å². The van der Waals surface area contributed by atoms with Gasteiger partial charge < -0.3 is 20.3 Å². The molecule has 1 aromatic carbocycles. The number of halogens is 2. The van der Waals surface area contributed by atoms with Crippen molar-refractivity contribution in [3.63, 3.8) is 0 Å². The first kappa shape index (κ1) is 13.1. The minimum Gasteiger partial charge on any atom is -0.490 e. The van der Waals surface area contributed by atoms with Crippen molar-refractivity contribution in [2.24, 2.45) is 5.73 Å². The number of fused-ring (bicyclic) bond motifs is 1. The minimum absolute atomic E-state index is 0.0723. The molecule has 0 bridgehead atoms. The number of carboxylic acid groups (broad SMARTS) is 1. The van der Waals surface area contributed by atoms with E-state index in [9.17, 15) is 9.18 Å². The van der Waals surface area contributed by atoms with Gasteiger partial charge in [0.25, 0.3) is 0 Å². The SMILES string of the molecule is NC(C(=O)O)c1c(F)c(Br)cc2c1OCCCO2. The molecule has 18 heavy (non-hydrogen) atoms. The quantitative estimate of drug-likeness (QED) is 0.869. The maximum atomic E-state index is 14.0. The zero-order valence-electron chi connectivity index (χ0n) is 9.28. The molecule has 0 spiro atoms. The summed E-state index contributed by atoms with van der Waals surface area (Å²) in [4.78, 5) is 10.9. The summed E-state index contributed by atoms with van der Waals surface area (Å²) in [6.07, 6.45) is 0.635. The zero-order valence-corrected chi connectivity index (χ0v) is 10.9. The first-order valence-corrected chi connectivity index (χ1v) is 6.07. The van der Waals surface area contributed by atoms with Gasteiger partial charge in [0.2, 0.25) is 0 Å². The Bertz CT molecular complexity index is 494. The molecule has 0 radical (unpaired) electrons. The van der Waals surface area contributed by atoms with Crippen LogP contribution in [0.15, 0.2) is 10.5 Å². The Morgan fingerprint density at radius 3 is 2.83 bits per heavy atom. The maximum absolute atomic E-state index is 14.0. The molecule has 5 nitrogen and oxygen atoms in total. The van der Waals surface area contributed by atoms with Crippen molar-refractivity contribution < 1.29 is 23.8 Å². The normalized spacial score (nSPS) is 15.9. The lowest BCUT2D eigenvalue weighted by atomic mass is 10.1. The van der Waals surface area contributed by atoms with E-state index in [-0.39, 0.29) is 15.8 Å². The van der Waals surface area contributed by atoms with E-state index in [1.165, 1.54) is 6.07 Å². The fourth-order valence-electron chi connectivity index (χ4n) is 1.68. The Balaban J connectivity index is 2.61. The van der Waals surface area contributed by atoms with Gasteiger partial charge in [-0.25, -0.2) is 4.39 Å². The van der Waals surface area contributed by atoms with Gasteiger partial charge >= 0.3 is 5.97 Å². The van der Waals surface area contributed by atoms with Crippen molar-refractivity contribution in [3.05, 3.63) is 21.9 Å². The number of carbonyl (C=O) groups is 1. The number of hydrogen-bond donors (Lipinski definition) is 2. The lowest BCUT2D eigenvalue weighted by molar-refractivity contribution is -0.138. The summed E-state index contributed by atoms with van der Waals surface area (Å²) < 4.78 is 24.8. The van der Waals surface area contributed by atoms with Crippen LogP contribution in [0.3, 0.4) is 0 Å². The Morgan fingerprint density at radius 2 is 2.17 bits per heavy atom. The average Bonchev–Trinajstić information content (AvgIpc) is 2.55. The van der Waals surface area contributed by atoms with E-state index in [0.29, 0.717) is 25.4 Å². The first-order chi connectivity index (χ1) is 8.52. The third-order valence-corrected chi connectivity index (χ3v) is 3.12. The van der Waals surface area contributed by atoms with Crippen molar-refractivity contribution in [3.8, 4) is 11.5 Å². The van der Waals surface area contributed by atoms with Gasteiger partial charge in [-0.1, -0.05) is 0 Å². The summed E-state index contributed by atoms with van der Waals surface area (Å²) >= 11 is 3.01. The summed E-state index contributed by atoms with van der Waals surface area (Å²) in [5.74, 6) is -1.70. The second-order valence-corrected chi connectivity index (χ2v) is 4.63. The third-order valence-electron chi connectivity index (χ3n) is 2.54. The number of ether oxygens (including phenoxy) is 2. The molecule has 7 heteroatoms. The van der Waals surface area contributed by atoms with Crippen LogP contribution in [0, 0.1) is 5.82 Å². The van der Waals surface area contributed by atoms with E-state index < -0.39 is 17.8 Å². The molecule has 0 saturated carbocycles. The monoisotopic (exact) mass is 319 g/mol. The molecule has 0 saturated heterocycles. The van der Waals surface area contributed by atoms with Crippen LogP contribution >= 0.6 is 15.9 Å². The molecule has 98 valence electrons. The summed E-state index contributed by atoms with van der Waals surface area (Å²) in [6, 6.07) is -0.0911. The second kappa shape index (κ2) is 5.11. The molecular formula is C11H11BrFNO4. The summed E-state index contributed by atoms with van der Waals surface area (Å²) in [6.45, 7) is 0.750.